The second-order valence-corrected chi connectivity index (χ2v) is 6.48. The van der Waals surface area contributed by atoms with Crippen LogP contribution in [0.2, 0.25) is 0 Å². The highest BCUT2D eigenvalue weighted by atomic mass is 32.1. The number of amides is 1. The third-order valence-electron chi connectivity index (χ3n) is 3.65. The number of para-hydroxylation sites is 1. The van der Waals surface area contributed by atoms with Crippen LogP contribution in [0.15, 0.2) is 42.5 Å². The van der Waals surface area contributed by atoms with Gasteiger partial charge in [0.25, 0.3) is 5.91 Å². The lowest BCUT2D eigenvalue weighted by molar-refractivity contribution is 0.102. The molecule has 1 heterocycles. The largest absolute Gasteiger partial charge is 0.506 e. The van der Waals surface area contributed by atoms with Crippen molar-refractivity contribution < 1.29 is 19.0 Å². The van der Waals surface area contributed by atoms with Crippen molar-refractivity contribution in [2.45, 2.75) is 13.8 Å². The maximum Gasteiger partial charge on any atom is 0.267 e. The third kappa shape index (κ3) is 3.67. The maximum atomic E-state index is 13.8. The van der Waals surface area contributed by atoms with Crippen LogP contribution < -0.4 is 10.1 Å². The van der Waals surface area contributed by atoms with Crippen LogP contribution in [0.3, 0.4) is 0 Å². The van der Waals surface area contributed by atoms with Crippen molar-refractivity contribution in [2.75, 3.05) is 11.9 Å². The Morgan fingerprint density at radius 3 is 2.65 bits per heavy atom. The summed E-state index contributed by atoms with van der Waals surface area (Å²) in [5.74, 6) is -0.783. The molecule has 0 spiro atoms. The lowest BCUT2D eigenvalue weighted by Gasteiger charge is -2.07. The molecule has 0 atom stereocenters. The van der Waals surface area contributed by atoms with Crippen LogP contribution in [0.25, 0.3) is 10.6 Å². The van der Waals surface area contributed by atoms with Gasteiger partial charge in [0, 0.05) is 5.56 Å². The van der Waals surface area contributed by atoms with E-state index in [4.69, 9.17) is 4.74 Å². The van der Waals surface area contributed by atoms with Crippen molar-refractivity contribution in [1.29, 1.82) is 0 Å². The van der Waals surface area contributed by atoms with E-state index in [1.807, 2.05) is 31.2 Å². The normalized spacial score (nSPS) is 10.6. The number of carbonyl (C=O) groups excluding carboxylic acids is 1. The molecule has 0 saturated heterocycles. The second-order valence-electron chi connectivity index (χ2n) is 5.48. The lowest BCUT2D eigenvalue weighted by Crippen LogP contribution is -2.12. The Hall–Kier alpha value is -2.93. The SMILES string of the molecule is CCOc1ccc(-c2nc(C)c(C(=O)Nc3c(O)cccc3F)s2)cc1. The molecule has 1 aromatic heterocycles. The first-order valence-electron chi connectivity index (χ1n) is 7.99. The summed E-state index contributed by atoms with van der Waals surface area (Å²) in [5, 5.41) is 12.8. The van der Waals surface area contributed by atoms with Crippen LogP contribution >= 0.6 is 11.3 Å². The number of thiazole rings is 1. The van der Waals surface area contributed by atoms with Gasteiger partial charge in [0.2, 0.25) is 0 Å². The Labute approximate surface area is 154 Å². The Balaban J connectivity index is 1.84. The van der Waals surface area contributed by atoms with Crippen LogP contribution in [0.1, 0.15) is 22.3 Å². The van der Waals surface area contributed by atoms with Crippen molar-refractivity contribution in [3.63, 3.8) is 0 Å². The van der Waals surface area contributed by atoms with Gasteiger partial charge >= 0.3 is 0 Å². The van der Waals surface area contributed by atoms with Gasteiger partial charge in [-0.3, -0.25) is 4.79 Å². The Kier molecular flexibility index (Phi) is 5.18. The number of hydrogen-bond donors (Lipinski definition) is 2. The molecule has 0 bridgehead atoms. The molecule has 0 saturated carbocycles. The van der Waals surface area contributed by atoms with Gasteiger partial charge in [0.1, 0.15) is 27.1 Å². The number of carbonyl (C=O) groups is 1. The number of aryl methyl sites for hydroxylation is 1. The first-order valence-corrected chi connectivity index (χ1v) is 8.80. The van der Waals surface area contributed by atoms with Gasteiger partial charge in [-0.2, -0.15) is 0 Å². The minimum Gasteiger partial charge on any atom is -0.506 e. The molecule has 0 aliphatic heterocycles. The predicted octanol–water partition coefficient (Wildman–Crippen LogP) is 4.61. The predicted molar refractivity (Wildman–Crippen MR) is 99.5 cm³/mol. The number of aromatic nitrogens is 1. The van der Waals surface area contributed by atoms with E-state index in [0.29, 0.717) is 22.2 Å². The van der Waals surface area contributed by atoms with E-state index in [-0.39, 0.29) is 11.4 Å². The molecule has 26 heavy (non-hydrogen) atoms. The molecule has 134 valence electrons. The van der Waals surface area contributed by atoms with E-state index in [9.17, 15) is 14.3 Å². The Morgan fingerprint density at radius 1 is 1.27 bits per heavy atom. The fourth-order valence-corrected chi connectivity index (χ4v) is 3.36. The molecule has 5 nitrogen and oxygen atoms in total. The fourth-order valence-electron chi connectivity index (χ4n) is 2.40. The van der Waals surface area contributed by atoms with E-state index >= 15 is 0 Å². The van der Waals surface area contributed by atoms with E-state index in [0.717, 1.165) is 11.3 Å². The third-order valence-corrected chi connectivity index (χ3v) is 4.85. The van der Waals surface area contributed by atoms with E-state index < -0.39 is 11.7 Å². The quantitative estimate of drug-likeness (QED) is 0.642. The van der Waals surface area contributed by atoms with Gasteiger partial charge in [-0.1, -0.05) is 6.07 Å². The fraction of sp³-hybridized carbons (Fsp3) is 0.158. The van der Waals surface area contributed by atoms with Crippen molar-refractivity contribution in [1.82, 2.24) is 4.98 Å². The summed E-state index contributed by atoms with van der Waals surface area (Å²) in [6.07, 6.45) is 0. The summed E-state index contributed by atoms with van der Waals surface area (Å²) < 4.78 is 19.2. The number of aromatic hydroxyl groups is 1. The summed E-state index contributed by atoms with van der Waals surface area (Å²) >= 11 is 1.20. The molecule has 0 unspecified atom stereocenters. The van der Waals surface area contributed by atoms with Crippen molar-refractivity contribution in [3.8, 4) is 22.1 Å². The second kappa shape index (κ2) is 7.53. The number of halogens is 1. The molecule has 2 aromatic carbocycles. The molecule has 3 rings (SSSR count). The van der Waals surface area contributed by atoms with Gasteiger partial charge in [0.05, 0.1) is 12.3 Å². The van der Waals surface area contributed by atoms with Crippen LogP contribution in [-0.2, 0) is 0 Å². The molecule has 0 aliphatic carbocycles. The number of benzene rings is 2. The first kappa shape index (κ1) is 17.9. The highest BCUT2D eigenvalue weighted by molar-refractivity contribution is 7.17. The smallest absolute Gasteiger partial charge is 0.267 e. The number of phenolic OH excluding ortho intramolecular Hbond substituents is 1. The van der Waals surface area contributed by atoms with Crippen LogP contribution in [0, 0.1) is 12.7 Å². The zero-order valence-corrected chi connectivity index (χ0v) is 15.1. The monoisotopic (exact) mass is 372 g/mol. The molecule has 0 aliphatic rings. The van der Waals surface area contributed by atoms with Crippen molar-refractivity contribution >= 4 is 22.9 Å². The maximum absolute atomic E-state index is 13.8. The number of phenols is 1. The Bertz CT molecular complexity index is 918. The number of nitrogens with zero attached hydrogens (tertiary/aromatic N) is 1. The van der Waals surface area contributed by atoms with Gasteiger partial charge in [-0.25, -0.2) is 9.37 Å². The average molecular weight is 372 g/mol. The first-order chi connectivity index (χ1) is 12.5. The number of anilines is 1. The molecule has 2 N–H and O–H groups in total. The topological polar surface area (TPSA) is 71.5 Å². The minimum atomic E-state index is -0.702. The molecule has 3 aromatic rings. The summed E-state index contributed by atoms with van der Waals surface area (Å²) in [6, 6.07) is 11.3. The number of hydrogen-bond acceptors (Lipinski definition) is 5. The lowest BCUT2D eigenvalue weighted by atomic mass is 10.2. The van der Waals surface area contributed by atoms with Gasteiger partial charge in [0.15, 0.2) is 5.82 Å². The number of rotatable bonds is 5. The van der Waals surface area contributed by atoms with Crippen LogP contribution in [0.5, 0.6) is 11.5 Å². The van der Waals surface area contributed by atoms with E-state index in [1.54, 1.807) is 6.92 Å². The highest BCUT2D eigenvalue weighted by Gasteiger charge is 2.19. The number of ether oxygens (including phenoxy) is 1. The number of nitrogens with one attached hydrogen (secondary N) is 1. The summed E-state index contributed by atoms with van der Waals surface area (Å²) in [7, 11) is 0. The Morgan fingerprint density at radius 2 is 2.00 bits per heavy atom. The van der Waals surface area contributed by atoms with E-state index in [1.165, 1.54) is 29.5 Å². The van der Waals surface area contributed by atoms with Gasteiger partial charge in [-0.05, 0) is 50.2 Å². The van der Waals surface area contributed by atoms with Crippen molar-refractivity contribution in [3.05, 3.63) is 58.9 Å². The van der Waals surface area contributed by atoms with Gasteiger partial charge in [-0.15, -0.1) is 11.3 Å². The molecule has 1 amide bonds. The summed E-state index contributed by atoms with van der Waals surface area (Å²) in [6.45, 7) is 4.21. The molecule has 7 heteroatoms. The summed E-state index contributed by atoms with van der Waals surface area (Å²) in [4.78, 5) is 17.3. The minimum absolute atomic E-state index is 0.243. The summed E-state index contributed by atoms with van der Waals surface area (Å²) in [5.41, 5.74) is 1.15. The molecule has 0 radical (unpaired) electrons. The van der Waals surface area contributed by atoms with Gasteiger partial charge < -0.3 is 15.2 Å². The highest BCUT2D eigenvalue weighted by Crippen LogP contribution is 2.31. The average Bonchev–Trinajstić information content (AvgIpc) is 3.01. The standard InChI is InChI=1S/C19H17FN2O3S/c1-3-25-13-9-7-12(8-10-13)19-21-11(2)17(26-19)18(24)22-16-14(20)5-4-6-15(16)23/h4-10,23H,3H2,1-2H3,(H,22,24). The molecular weight excluding hydrogens is 355 g/mol. The van der Waals surface area contributed by atoms with E-state index in [2.05, 4.69) is 10.3 Å². The molecule has 0 fully saturated rings. The van der Waals surface area contributed by atoms with Crippen LogP contribution in [0.4, 0.5) is 10.1 Å². The van der Waals surface area contributed by atoms with Crippen LogP contribution in [-0.4, -0.2) is 22.6 Å². The zero-order chi connectivity index (χ0) is 18.7. The zero-order valence-electron chi connectivity index (χ0n) is 14.2. The van der Waals surface area contributed by atoms with Crippen molar-refractivity contribution in [2.24, 2.45) is 0 Å². The molecular formula is C19H17FN2O3S.